The number of carbonyl (C=O) groups is 2. The highest BCUT2D eigenvalue weighted by Crippen LogP contribution is 2.35. The second-order valence-electron chi connectivity index (χ2n) is 7.88. The van der Waals surface area contributed by atoms with E-state index < -0.39 is 17.6 Å². The molecule has 136 valence electrons. The Balaban J connectivity index is 1.77. The Hall–Kier alpha value is -2.08. The van der Waals surface area contributed by atoms with Crippen molar-refractivity contribution in [3.63, 3.8) is 0 Å². The van der Waals surface area contributed by atoms with Gasteiger partial charge in [0, 0.05) is 25.2 Å². The summed E-state index contributed by atoms with van der Waals surface area (Å²) >= 11 is 0. The minimum Gasteiger partial charge on any atom is -0.480 e. The number of hydrogen-bond donors (Lipinski definition) is 1. The first-order valence-corrected chi connectivity index (χ1v) is 8.79. The Bertz CT molecular complexity index is 627. The van der Waals surface area contributed by atoms with Crippen molar-refractivity contribution < 1.29 is 19.4 Å². The Kier molecular flexibility index (Phi) is 4.73. The summed E-state index contributed by atoms with van der Waals surface area (Å²) in [5.41, 5.74) is 0.251. The molecule has 1 aromatic carbocycles. The third kappa shape index (κ3) is 3.79. The van der Waals surface area contributed by atoms with Crippen LogP contribution in [0.3, 0.4) is 0 Å². The number of aliphatic carboxylic acids is 1. The van der Waals surface area contributed by atoms with Crippen LogP contribution in [0.15, 0.2) is 30.3 Å². The van der Waals surface area contributed by atoms with Crippen molar-refractivity contribution in [2.24, 2.45) is 0 Å². The molecule has 1 N–H and O–H groups in total. The van der Waals surface area contributed by atoms with Gasteiger partial charge in [-0.2, -0.15) is 0 Å². The number of likely N-dealkylation sites (tertiary alicyclic amines) is 1. The molecule has 6 nitrogen and oxygen atoms in total. The van der Waals surface area contributed by atoms with Crippen LogP contribution >= 0.6 is 0 Å². The van der Waals surface area contributed by atoms with Gasteiger partial charge < -0.3 is 9.84 Å². The van der Waals surface area contributed by atoms with Crippen LogP contribution in [0.5, 0.6) is 0 Å². The van der Waals surface area contributed by atoms with E-state index in [1.165, 1.54) is 0 Å². The van der Waals surface area contributed by atoms with E-state index in [0.717, 1.165) is 18.4 Å². The van der Waals surface area contributed by atoms with E-state index in [0.29, 0.717) is 13.1 Å². The SMILES string of the molecule is CC(C)(C)OC(=O)N1C2CCC1CN(C(C(=O)O)c1ccccc1)C2. The number of amides is 1. The average Bonchev–Trinajstić information content (AvgIpc) is 2.78. The molecule has 0 spiro atoms. The third-order valence-corrected chi connectivity index (χ3v) is 4.83. The number of rotatable bonds is 3. The Morgan fingerprint density at radius 2 is 1.68 bits per heavy atom. The molecule has 6 heteroatoms. The lowest BCUT2D eigenvalue weighted by Gasteiger charge is -2.43. The van der Waals surface area contributed by atoms with Gasteiger partial charge >= 0.3 is 12.1 Å². The van der Waals surface area contributed by atoms with Crippen LogP contribution in [-0.2, 0) is 9.53 Å². The predicted molar refractivity (Wildman–Crippen MR) is 93.3 cm³/mol. The van der Waals surface area contributed by atoms with Gasteiger partial charge in [0.1, 0.15) is 11.6 Å². The summed E-state index contributed by atoms with van der Waals surface area (Å²) in [6, 6.07) is 8.64. The topological polar surface area (TPSA) is 70.1 Å². The van der Waals surface area contributed by atoms with Gasteiger partial charge in [-0.25, -0.2) is 4.79 Å². The summed E-state index contributed by atoms with van der Waals surface area (Å²) in [6.07, 6.45) is 1.49. The minimum absolute atomic E-state index is 0.0131. The first kappa shape index (κ1) is 17.7. The van der Waals surface area contributed by atoms with Gasteiger partial charge in [0.15, 0.2) is 0 Å². The number of carbonyl (C=O) groups excluding carboxylic acids is 1. The number of benzene rings is 1. The number of piperazine rings is 1. The molecule has 2 bridgehead atoms. The minimum atomic E-state index is -0.851. The molecule has 3 rings (SSSR count). The van der Waals surface area contributed by atoms with Crippen molar-refractivity contribution in [2.45, 2.75) is 57.3 Å². The molecule has 0 aliphatic carbocycles. The van der Waals surface area contributed by atoms with Crippen LogP contribution in [0.4, 0.5) is 4.79 Å². The lowest BCUT2D eigenvalue weighted by molar-refractivity contribution is -0.145. The zero-order chi connectivity index (χ0) is 18.2. The summed E-state index contributed by atoms with van der Waals surface area (Å²) in [6.45, 7) is 6.69. The van der Waals surface area contributed by atoms with E-state index in [1.807, 2.05) is 60.9 Å². The van der Waals surface area contributed by atoms with Gasteiger partial charge in [-0.3, -0.25) is 14.6 Å². The Morgan fingerprint density at radius 1 is 1.12 bits per heavy atom. The van der Waals surface area contributed by atoms with E-state index in [1.54, 1.807) is 0 Å². The fourth-order valence-corrected chi connectivity index (χ4v) is 3.90. The highest BCUT2D eigenvalue weighted by atomic mass is 16.6. The maximum absolute atomic E-state index is 12.5. The highest BCUT2D eigenvalue weighted by molar-refractivity contribution is 5.76. The predicted octanol–water partition coefficient (Wildman–Crippen LogP) is 2.90. The smallest absolute Gasteiger partial charge is 0.410 e. The van der Waals surface area contributed by atoms with Crippen LogP contribution < -0.4 is 0 Å². The number of hydrogen-bond acceptors (Lipinski definition) is 4. The standard InChI is InChI=1S/C19H26N2O4/c1-19(2,3)25-18(24)21-14-9-10-15(21)12-20(11-14)16(17(22)23)13-7-5-4-6-8-13/h4-8,14-16H,9-12H2,1-3H3,(H,22,23). The molecule has 2 saturated heterocycles. The zero-order valence-electron chi connectivity index (χ0n) is 15.0. The molecule has 3 unspecified atom stereocenters. The largest absolute Gasteiger partial charge is 0.480 e. The van der Waals surface area contributed by atoms with E-state index >= 15 is 0 Å². The molecule has 3 atom stereocenters. The van der Waals surface area contributed by atoms with E-state index in [9.17, 15) is 14.7 Å². The van der Waals surface area contributed by atoms with Crippen molar-refractivity contribution in [1.82, 2.24) is 9.80 Å². The number of carboxylic acid groups (broad SMARTS) is 1. The van der Waals surface area contributed by atoms with Gasteiger partial charge in [-0.15, -0.1) is 0 Å². The van der Waals surface area contributed by atoms with Crippen LogP contribution in [0.25, 0.3) is 0 Å². The van der Waals surface area contributed by atoms with Crippen LogP contribution in [-0.4, -0.2) is 57.7 Å². The zero-order valence-corrected chi connectivity index (χ0v) is 15.0. The normalized spacial score (nSPS) is 24.8. The molecule has 25 heavy (non-hydrogen) atoms. The summed E-state index contributed by atoms with van der Waals surface area (Å²) in [5, 5.41) is 9.75. The van der Waals surface area contributed by atoms with Gasteiger partial charge in [-0.05, 0) is 39.2 Å². The molecule has 2 aliphatic rings. The maximum atomic E-state index is 12.5. The van der Waals surface area contributed by atoms with Crippen LogP contribution in [0, 0.1) is 0 Å². The van der Waals surface area contributed by atoms with Crippen molar-refractivity contribution in [1.29, 1.82) is 0 Å². The van der Waals surface area contributed by atoms with Crippen molar-refractivity contribution in [3.8, 4) is 0 Å². The first-order valence-electron chi connectivity index (χ1n) is 8.79. The van der Waals surface area contributed by atoms with E-state index in [4.69, 9.17) is 4.74 Å². The Labute approximate surface area is 148 Å². The second kappa shape index (κ2) is 6.67. The maximum Gasteiger partial charge on any atom is 0.410 e. The molecular formula is C19H26N2O4. The molecule has 1 aromatic rings. The molecule has 0 radical (unpaired) electrons. The molecule has 2 aliphatic heterocycles. The number of nitrogens with zero attached hydrogens (tertiary/aromatic N) is 2. The third-order valence-electron chi connectivity index (χ3n) is 4.83. The fourth-order valence-electron chi connectivity index (χ4n) is 3.90. The monoisotopic (exact) mass is 346 g/mol. The first-order chi connectivity index (χ1) is 11.8. The van der Waals surface area contributed by atoms with Gasteiger partial charge in [0.25, 0.3) is 0 Å². The molecule has 0 saturated carbocycles. The summed E-state index contributed by atoms with van der Waals surface area (Å²) in [5.74, 6) is -0.851. The van der Waals surface area contributed by atoms with E-state index in [-0.39, 0.29) is 18.2 Å². The molecule has 2 heterocycles. The van der Waals surface area contributed by atoms with Gasteiger partial charge in [0.05, 0.1) is 0 Å². The number of fused-ring (bicyclic) bond motifs is 2. The van der Waals surface area contributed by atoms with Crippen LogP contribution in [0.1, 0.15) is 45.2 Å². The van der Waals surface area contributed by atoms with Gasteiger partial charge in [-0.1, -0.05) is 30.3 Å². The summed E-state index contributed by atoms with van der Waals surface area (Å²) < 4.78 is 5.54. The fraction of sp³-hybridized carbons (Fsp3) is 0.579. The average molecular weight is 346 g/mol. The van der Waals surface area contributed by atoms with Crippen molar-refractivity contribution in [2.75, 3.05) is 13.1 Å². The quantitative estimate of drug-likeness (QED) is 0.911. The van der Waals surface area contributed by atoms with E-state index in [2.05, 4.69) is 0 Å². The second-order valence-corrected chi connectivity index (χ2v) is 7.88. The van der Waals surface area contributed by atoms with Crippen molar-refractivity contribution in [3.05, 3.63) is 35.9 Å². The molecule has 0 aromatic heterocycles. The lowest BCUT2D eigenvalue weighted by Crippen LogP contribution is -2.58. The molecular weight excluding hydrogens is 320 g/mol. The highest BCUT2D eigenvalue weighted by Gasteiger charge is 2.46. The molecule has 1 amide bonds. The lowest BCUT2D eigenvalue weighted by atomic mass is 10.0. The van der Waals surface area contributed by atoms with Crippen LogP contribution in [0.2, 0.25) is 0 Å². The Morgan fingerprint density at radius 3 is 2.16 bits per heavy atom. The molecule has 2 fully saturated rings. The van der Waals surface area contributed by atoms with Crippen molar-refractivity contribution >= 4 is 12.1 Å². The van der Waals surface area contributed by atoms with Gasteiger partial charge in [0.2, 0.25) is 0 Å². The number of carboxylic acids is 1. The summed E-state index contributed by atoms with van der Waals surface area (Å²) in [4.78, 5) is 28.2. The number of ether oxygens (including phenoxy) is 1. The summed E-state index contributed by atoms with van der Waals surface area (Å²) in [7, 11) is 0.